The third kappa shape index (κ3) is 34.2. The monoisotopic (exact) mass is 1440 g/mol. The number of amides is 9. The lowest BCUT2D eigenvalue weighted by Crippen LogP contribution is -2.64. The molecule has 2 heterocycles. The lowest BCUT2D eigenvalue weighted by Gasteiger charge is -2.42. The van der Waals surface area contributed by atoms with E-state index in [1.54, 1.807) is 0 Å². The fraction of sp³-hybridized carbons (Fsp3) is 0.862. The lowest BCUT2D eigenvalue weighted by atomic mass is 9.79. The molecule has 0 radical (unpaired) electrons. The number of hydrogen-bond donors (Lipinski definition) is 18. The fourth-order valence-corrected chi connectivity index (χ4v) is 11.2. The molecule has 1 saturated carbocycles. The number of carbonyl (C=O) groups is 9. The zero-order chi connectivity index (χ0) is 74.0. The first kappa shape index (κ1) is 88.8. The predicted molar refractivity (Wildman–Crippen MR) is 354 cm³/mol. The molecule has 0 aromatic heterocycles. The summed E-state index contributed by atoms with van der Waals surface area (Å²) in [6.07, 6.45) is -8.45. The summed E-state index contributed by atoms with van der Waals surface area (Å²) in [5.74, 6) is -3.53. The minimum atomic E-state index is -1.44. The van der Waals surface area contributed by atoms with E-state index >= 15 is 0 Å². The van der Waals surface area contributed by atoms with Gasteiger partial charge in [-0.05, 0) is 70.1 Å². The second-order valence-electron chi connectivity index (χ2n) is 25.9. The highest BCUT2D eigenvalue weighted by Gasteiger charge is 2.48. The number of aliphatic hydroxyl groups excluding tert-OH is 9. The van der Waals surface area contributed by atoms with Crippen LogP contribution in [0.5, 0.6) is 0 Å². The zero-order valence-corrected chi connectivity index (χ0v) is 58.7. The molecule has 100 heavy (non-hydrogen) atoms. The Hall–Kier alpha value is -5.45. The van der Waals surface area contributed by atoms with E-state index in [0.29, 0.717) is 84.0 Å². The number of aliphatic hydroxyl groups is 9. The molecule has 3 fully saturated rings. The summed E-state index contributed by atoms with van der Waals surface area (Å²) in [4.78, 5) is 111. The molecule has 35 heteroatoms. The molecule has 0 aromatic carbocycles. The number of carbonyl (C=O) groups excluding carboxylic acids is 9. The molecule has 1 aliphatic carbocycles. The summed E-state index contributed by atoms with van der Waals surface area (Å²) in [5, 5.41) is 115. The van der Waals surface area contributed by atoms with E-state index in [2.05, 4.69) is 47.9 Å². The predicted octanol–water partition coefficient (Wildman–Crippen LogP) is -5.23. The molecule has 0 spiro atoms. The number of rotatable bonds is 52. The summed E-state index contributed by atoms with van der Waals surface area (Å²) in [6, 6.07) is -2.99. The van der Waals surface area contributed by atoms with E-state index in [0.717, 1.165) is 0 Å². The first-order valence-electron chi connectivity index (χ1n) is 35.0. The van der Waals surface area contributed by atoms with Crippen molar-refractivity contribution in [3.05, 3.63) is 0 Å². The van der Waals surface area contributed by atoms with Crippen molar-refractivity contribution in [2.75, 3.05) is 119 Å². The van der Waals surface area contributed by atoms with Gasteiger partial charge >= 0.3 is 0 Å². The molecule has 9 unspecified atom stereocenters. The van der Waals surface area contributed by atoms with Gasteiger partial charge in [-0.1, -0.05) is 13.8 Å². The van der Waals surface area contributed by atoms with Crippen molar-refractivity contribution in [3.63, 3.8) is 0 Å². The van der Waals surface area contributed by atoms with Crippen LogP contribution in [0, 0.1) is 17.3 Å². The zero-order valence-electron chi connectivity index (χ0n) is 58.7. The maximum Gasteiger partial charge on any atom is 0.222 e. The van der Waals surface area contributed by atoms with Crippen molar-refractivity contribution in [1.29, 1.82) is 0 Å². The smallest absolute Gasteiger partial charge is 0.222 e. The Morgan fingerprint density at radius 3 is 1.01 bits per heavy atom. The minimum Gasteiger partial charge on any atom is -0.396 e. The van der Waals surface area contributed by atoms with Gasteiger partial charge in [0, 0.05) is 136 Å². The Bertz CT molecular complexity index is 2160. The summed E-state index contributed by atoms with van der Waals surface area (Å²) in [7, 11) is 0. The van der Waals surface area contributed by atoms with Crippen LogP contribution >= 0.6 is 0 Å². The number of ether oxygens (including phenoxy) is 8. The molecule has 0 aromatic rings. The summed E-state index contributed by atoms with van der Waals surface area (Å²) in [6.45, 7) is 8.79. The topological polar surface area (TPSA) is 518 Å². The van der Waals surface area contributed by atoms with Crippen LogP contribution in [-0.2, 0) is 81.0 Å². The fourth-order valence-electron chi connectivity index (χ4n) is 11.2. The standard InChI is InChI=1S/C65H117N9O26/c1-40(2)65(37-93-30-18-51(84)69-24-12-21-66-48(81)15-6-9-27-96-45-33-44(34-75)57(87)60(90)54(45)72-41(3)78,38-94-31-19-52(85)70-25-13-22-67-49(82)16-7-10-28-97-63-55(73-42(4)79)61(91)58(88)46(35-76)99-63)39-95-32-20-53(86)71-26-14-23-68-50(83)17-8-11-29-98-64-56(74-43(5)80)62(92)59(89)47(36-77)100-64/h40,44-47,54-64,75-77,87-92H,6-39H2,1-5H3,(H,66,81)(H,67,82)(H,68,83)(H,69,84)(H,70,85)(H,71,86)(H,72,78)(H,73,79)(H,74,80)/t44?,45-,46?,47?,54?,55?,56?,57+,58+,59+,60?,61?,62?,63-,64-,65?/m1/s1. The molecular formula is C65H117N9O26. The molecular weight excluding hydrogens is 1320 g/mol. The van der Waals surface area contributed by atoms with Crippen LogP contribution < -0.4 is 47.9 Å². The quantitative estimate of drug-likeness (QED) is 0.0253. The van der Waals surface area contributed by atoms with Gasteiger partial charge in [-0.15, -0.1) is 0 Å². The van der Waals surface area contributed by atoms with Gasteiger partial charge in [0.1, 0.15) is 54.8 Å². The Labute approximate surface area is 585 Å². The van der Waals surface area contributed by atoms with E-state index in [9.17, 15) is 89.1 Å². The molecule has 2 saturated heterocycles. The number of nitrogens with one attached hydrogen (secondary N) is 9. The molecule has 3 aliphatic rings. The van der Waals surface area contributed by atoms with Crippen LogP contribution in [0.25, 0.3) is 0 Å². The molecule has 15 atom stereocenters. The van der Waals surface area contributed by atoms with E-state index in [4.69, 9.17) is 37.9 Å². The van der Waals surface area contributed by atoms with Crippen LogP contribution in [0.3, 0.4) is 0 Å². The second kappa shape index (κ2) is 50.0. The summed E-state index contributed by atoms with van der Waals surface area (Å²) < 4.78 is 46.7. The lowest BCUT2D eigenvalue weighted by molar-refractivity contribution is -0.270. The Kier molecular flexibility index (Phi) is 44.4. The van der Waals surface area contributed by atoms with E-state index in [-0.39, 0.29) is 165 Å². The number of unbranched alkanes of at least 4 members (excludes halogenated alkanes) is 3. The Morgan fingerprint density at radius 2 is 0.700 bits per heavy atom. The van der Waals surface area contributed by atoms with Gasteiger partial charge in [0.2, 0.25) is 53.2 Å². The minimum absolute atomic E-state index is 0.0203. The van der Waals surface area contributed by atoms with Gasteiger partial charge in [-0.25, -0.2) is 0 Å². The van der Waals surface area contributed by atoms with Crippen LogP contribution in [-0.4, -0.2) is 303 Å². The SMILES string of the molecule is CC(=O)NC1C(O)[C@@H](O)C(CO)O[C@H]1OCCCCC(=O)NCCCNC(=O)CCOCC(COCCC(=O)NCCCNC(=O)CCCCO[C@@H]1OC(CO)[C@H](O)C(O)C1NC(C)=O)(COCCC(=O)NCCCNC(=O)CCCCO[C@@H]1CC(CO)[C@H](O)C(O)C1NC(C)=O)C(C)C. The largest absolute Gasteiger partial charge is 0.396 e. The maximum absolute atomic E-state index is 12.8. The van der Waals surface area contributed by atoms with Gasteiger partial charge in [0.25, 0.3) is 0 Å². The van der Waals surface area contributed by atoms with Crippen LogP contribution in [0.1, 0.15) is 137 Å². The third-order valence-corrected chi connectivity index (χ3v) is 17.3. The van der Waals surface area contributed by atoms with Gasteiger partial charge in [-0.3, -0.25) is 43.2 Å². The highest BCUT2D eigenvalue weighted by molar-refractivity contribution is 5.78. The third-order valence-electron chi connectivity index (χ3n) is 17.3. The molecule has 3 rings (SSSR count). The highest BCUT2D eigenvalue weighted by Crippen LogP contribution is 2.31. The highest BCUT2D eigenvalue weighted by atomic mass is 16.7. The van der Waals surface area contributed by atoms with Gasteiger partial charge in [0.05, 0.1) is 71.1 Å². The molecule has 18 N–H and O–H groups in total. The van der Waals surface area contributed by atoms with Crippen molar-refractivity contribution in [1.82, 2.24) is 47.9 Å². The van der Waals surface area contributed by atoms with Gasteiger partial charge in [0.15, 0.2) is 12.6 Å². The van der Waals surface area contributed by atoms with Crippen molar-refractivity contribution in [2.24, 2.45) is 17.3 Å². The van der Waals surface area contributed by atoms with Crippen molar-refractivity contribution in [3.8, 4) is 0 Å². The number of hydrogen-bond acceptors (Lipinski definition) is 26. The van der Waals surface area contributed by atoms with Crippen molar-refractivity contribution in [2.45, 2.75) is 223 Å². The first-order valence-corrected chi connectivity index (χ1v) is 35.0. The van der Waals surface area contributed by atoms with Gasteiger partial charge in [-0.2, -0.15) is 0 Å². The van der Waals surface area contributed by atoms with Crippen molar-refractivity contribution < 1.29 is 127 Å². The maximum atomic E-state index is 12.8. The molecule has 9 amide bonds. The Morgan fingerprint density at radius 1 is 0.390 bits per heavy atom. The summed E-state index contributed by atoms with van der Waals surface area (Å²) in [5.41, 5.74) is -0.785. The molecule has 35 nitrogen and oxygen atoms in total. The van der Waals surface area contributed by atoms with E-state index in [1.165, 1.54) is 20.8 Å². The van der Waals surface area contributed by atoms with Crippen LogP contribution in [0.15, 0.2) is 0 Å². The normalized spacial score (nSPS) is 25.8. The van der Waals surface area contributed by atoms with E-state index in [1.807, 2.05) is 13.8 Å². The van der Waals surface area contributed by atoms with E-state index < -0.39 is 128 Å². The molecule has 578 valence electrons. The Balaban J connectivity index is 1.38. The van der Waals surface area contributed by atoms with Crippen LogP contribution in [0.4, 0.5) is 0 Å². The van der Waals surface area contributed by atoms with Crippen molar-refractivity contribution >= 4 is 53.2 Å². The molecule has 2 aliphatic heterocycles. The average molecular weight is 1440 g/mol. The second-order valence-corrected chi connectivity index (χ2v) is 25.9. The summed E-state index contributed by atoms with van der Waals surface area (Å²) >= 11 is 0. The molecule has 0 bridgehead atoms. The van der Waals surface area contributed by atoms with Gasteiger partial charge < -0.3 is 132 Å². The first-order chi connectivity index (χ1) is 47.8. The average Bonchev–Trinajstić information content (AvgIpc) is 0.848. The van der Waals surface area contributed by atoms with Crippen LogP contribution in [0.2, 0.25) is 0 Å².